The van der Waals surface area contributed by atoms with Crippen LogP contribution in [0.15, 0.2) is 249 Å². The molecule has 0 atom stereocenters. The van der Waals surface area contributed by atoms with Crippen molar-refractivity contribution in [2.75, 3.05) is 4.90 Å². The molecular formula is C62H41N. The van der Waals surface area contributed by atoms with Crippen LogP contribution in [0.3, 0.4) is 0 Å². The summed E-state index contributed by atoms with van der Waals surface area (Å²) in [4.78, 5) is 2.46. The third-order valence-corrected chi connectivity index (χ3v) is 12.8. The molecule has 0 aliphatic heterocycles. The topological polar surface area (TPSA) is 3.24 Å². The molecule has 12 aromatic carbocycles. The summed E-state index contributed by atoms with van der Waals surface area (Å²) in [5.74, 6) is 0. The Hall–Kier alpha value is -8.26. The Kier molecular flexibility index (Phi) is 8.90. The van der Waals surface area contributed by atoms with Gasteiger partial charge in [0.15, 0.2) is 0 Å². The van der Waals surface area contributed by atoms with Gasteiger partial charge in [0.1, 0.15) is 0 Å². The Morgan fingerprint density at radius 3 is 1.40 bits per heavy atom. The lowest BCUT2D eigenvalue weighted by Crippen LogP contribution is -2.11. The average molecular weight is 800 g/mol. The fraction of sp³-hybridized carbons (Fsp3) is 0. The lowest BCUT2D eigenvalue weighted by atomic mass is 9.90. The van der Waals surface area contributed by atoms with E-state index in [0.717, 1.165) is 33.8 Å². The Balaban J connectivity index is 1.06. The van der Waals surface area contributed by atoms with Crippen LogP contribution in [0.5, 0.6) is 0 Å². The molecule has 0 aliphatic rings. The van der Waals surface area contributed by atoms with Crippen LogP contribution in [0.25, 0.3) is 98.4 Å². The molecule has 0 saturated heterocycles. The SMILES string of the molecule is c1ccc(-c2cccc(N(c3ccc4c(ccc5ccccc54)c3)c3cc(-c4ccccc4)ccc3-c3ccc(-c4cc5c6ccccc6ccc5c5ccccc45)cc3)c2)cc1. The Morgan fingerprint density at radius 1 is 0.206 bits per heavy atom. The molecule has 0 saturated carbocycles. The van der Waals surface area contributed by atoms with Gasteiger partial charge in [0.05, 0.1) is 5.69 Å². The summed E-state index contributed by atoms with van der Waals surface area (Å²) in [6, 6.07) is 91.2. The monoisotopic (exact) mass is 799 g/mol. The molecule has 0 aromatic heterocycles. The van der Waals surface area contributed by atoms with E-state index in [9.17, 15) is 0 Å². The van der Waals surface area contributed by atoms with Crippen LogP contribution in [-0.4, -0.2) is 0 Å². The highest BCUT2D eigenvalue weighted by atomic mass is 15.1. The van der Waals surface area contributed by atoms with Gasteiger partial charge in [0.25, 0.3) is 0 Å². The predicted molar refractivity (Wildman–Crippen MR) is 270 cm³/mol. The van der Waals surface area contributed by atoms with E-state index < -0.39 is 0 Å². The third-order valence-electron chi connectivity index (χ3n) is 12.8. The average Bonchev–Trinajstić information content (AvgIpc) is 3.36. The standard InChI is InChI=1S/C62H41N/c1-3-14-42(15-4-1)48-20-13-21-51(38-48)63(52-34-37-55-50(39-52)31-30-44-18-7-9-22-53(44)55)62-40-49(43-16-5-2-6-17-43)33-35-56(62)46-26-28-47(29-27-46)60-41-61-54-23-10-8-19-45(54)32-36-59(61)57-24-11-12-25-58(57)60/h1-41H. The van der Waals surface area contributed by atoms with Gasteiger partial charge in [-0.2, -0.15) is 0 Å². The van der Waals surface area contributed by atoms with E-state index in [1.54, 1.807) is 0 Å². The summed E-state index contributed by atoms with van der Waals surface area (Å²) < 4.78 is 0. The molecule has 0 unspecified atom stereocenters. The van der Waals surface area contributed by atoms with Crippen molar-refractivity contribution in [3.63, 3.8) is 0 Å². The quantitative estimate of drug-likeness (QED) is 0.145. The van der Waals surface area contributed by atoms with Crippen molar-refractivity contribution in [2.24, 2.45) is 0 Å². The molecule has 1 nitrogen and oxygen atoms in total. The maximum Gasteiger partial charge on any atom is 0.0546 e. The van der Waals surface area contributed by atoms with Gasteiger partial charge in [-0.25, -0.2) is 0 Å². The van der Waals surface area contributed by atoms with Crippen molar-refractivity contribution in [3.8, 4) is 44.5 Å². The minimum absolute atomic E-state index is 1.09. The molecule has 0 N–H and O–H groups in total. The largest absolute Gasteiger partial charge is 0.310 e. The maximum absolute atomic E-state index is 2.46. The van der Waals surface area contributed by atoms with Gasteiger partial charge < -0.3 is 4.90 Å². The van der Waals surface area contributed by atoms with Gasteiger partial charge in [-0.05, 0) is 129 Å². The molecule has 0 amide bonds. The molecule has 1 heteroatoms. The highest BCUT2D eigenvalue weighted by molar-refractivity contribution is 6.21. The number of hydrogen-bond acceptors (Lipinski definition) is 1. The Bertz CT molecular complexity index is 3660. The normalized spacial score (nSPS) is 11.5. The molecule has 0 fully saturated rings. The van der Waals surface area contributed by atoms with E-state index in [2.05, 4.69) is 254 Å². The first-order chi connectivity index (χ1) is 31.2. The number of hydrogen-bond donors (Lipinski definition) is 0. The molecule has 0 bridgehead atoms. The number of fused-ring (bicyclic) bond motifs is 8. The van der Waals surface area contributed by atoms with Crippen LogP contribution in [-0.2, 0) is 0 Å². The smallest absolute Gasteiger partial charge is 0.0546 e. The van der Waals surface area contributed by atoms with Crippen molar-refractivity contribution in [1.29, 1.82) is 0 Å². The molecule has 12 rings (SSSR count). The second kappa shape index (κ2) is 15.3. The van der Waals surface area contributed by atoms with E-state index in [4.69, 9.17) is 0 Å². The molecule has 294 valence electrons. The molecule has 0 heterocycles. The van der Waals surface area contributed by atoms with Crippen molar-refractivity contribution in [1.82, 2.24) is 0 Å². The summed E-state index contributed by atoms with van der Waals surface area (Å²) in [6.45, 7) is 0. The lowest BCUT2D eigenvalue weighted by molar-refractivity contribution is 1.29. The van der Waals surface area contributed by atoms with E-state index >= 15 is 0 Å². The van der Waals surface area contributed by atoms with E-state index in [1.807, 2.05) is 0 Å². The number of nitrogens with zero attached hydrogens (tertiary/aromatic N) is 1. The van der Waals surface area contributed by atoms with Crippen molar-refractivity contribution in [3.05, 3.63) is 249 Å². The van der Waals surface area contributed by atoms with Crippen molar-refractivity contribution >= 4 is 70.9 Å². The zero-order valence-corrected chi connectivity index (χ0v) is 34.6. The van der Waals surface area contributed by atoms with E-state index in [-0.39, 0.29) is 0 Å². The lowest BCUT2D eigenvalue weighted by Gasteiger charge is -2.29. The molecule has 63 heavy (non-hydrogen) atoms. The summed E-state index contributed by atoms with van der Waals surface area (Å²) in [5.41, 5.74) is 12.7. The predicted octanol–water partition coefficient (Wildman–Crippen LogP) is 17.6. The Labute approximate surface area is 367 Å². The second-order valence-electron chi connectivity index (χ2n) is 16.5. The molecular weight excluding hydrogens is 759 g/mol. The van der Waals surface area contributed by atoms with Gasteiger partial charge in [-0.15, -0.1) is 0 Å². The number of rotatable bonds is 7. The van der Waals surface area contributed by atoms with Crippen molar-refractivity contribution < 1.29 is 0 Å². The van der Waals surface area contributed by atoms with E-state index in [1.165, 1.54) is 81.7 Å². The summed E-state index contributed by atoms with van der Waals surface area (Å²) in [7, 11) is 0. The van der Waals surface area contributed by atoms with Gasteiger partial charge in [-0.1, -0.05) is 212 Å². The Morgan fingerprint density at radius 2 is 0.683 bits per heavy atom. The molecule has 0 aliphatic carbocycles. The van der Waals surface area contributed by atoms with Gasteiger partial charge in [0, 0.05) is 16.9 Å². The van der Waals surface area contributed by atoms with E-state index in [0.29, 0.717) is 0 Å². The second-order valence-corrected chi connectivity index (χ2v) is 16.5. The zero-order valence-electron chi connectivity index (χ0n) is 34.6. The number of benzene rings is 12. The minimum atomic E-state index is 1.09. The zero-order chi connectivity index (χ0) is 41.7. The fourth-order valence-electron chi connectivity index (χ4n) is 9.72. The highest BCUT2D eigenvalue weighted by Gasteiger charge is 2.21. The summed E-state index contributed by atoms with van der Waals surface area (Å²) in [5, 5.41) is 12.6. The first-order valence-corrected chi connectivity index (χ1v) is 21.7. The number of anilines is 3. The first-order valence-electron chi connectivity index (χ1n) is 21.7. The van der Waals surface area contributed by atoms with Crippen molar-refractivity contribution in [2.45, 2.75) is 0 Å². The molecule has 12 aromatic rings. The van der Waals surface area contributed by atoms with Crippen LogP contribution >= 0.6 is 0 Å². The third kappa shape index (κ3) is 6.50. The maximum atomic E-state index is 2.46. The molecule has 0 spiro atoms. The van der Waals surface area contributed by atoms with Crippen LogP contribution in [0.2, 0.25) is 0 Å². The van der Waals surface area contributed by atoms with Gasteiger partial charge >= 0.3 is 0 Å². The van der Waals surface area contributed by atoms with Crippen LogP contribution in [0, 0.1) is 0 Å². The minimum Gasteiger partial charge on any atom is -0.310 e. The van der Waals surface area contributed by atoms with Crippen LogP contribution in [0.4, 0.5) is 17.1 Å². The summed E-state index contributed by atoms with van der Waals surface area (Å²) >= 11 is 0. The first kappa shape index (κ1) is 36.6. The summed E-state index contributed by atoms with van der Waals surface area (Å²) in [6.07, 6.45) is 0. The highest BCUT2D eigenvalue weighted by Crippen LogP contribution is 2.46. The van der Waals surface area contributed by atoms with Gasteiger partial charge in [-0.3, -0.25) is 0 Å². The van der Waals surface area contributed by atoms with Crippen LogP contribution in [0.1, 0.15) is 0 Å². The molecule has 0 radical (unpaired) electrons. The van der Waals surface area contributed by atoms with Crippen LogP contribution < -0.4 is 4.90 Å². The van der Waals surface area contributed by atoms with Gasteiger partial charge in [0.2, 0.25) is 0 Å². The fourth-order valence-corrected chi connectivity index (χ4v) is 9.72.